The lowest BCUT2D eigenvalue weighted by Gasteiger charge is -2.29. The van der Waals surface area contributed by atoms with Crippen LogP contribution in [0.3, 0.4) is 0 Å². The van der Waals surface area contributed by atoms with E-state index in [0.717, 1.165) is 24.2 Å². The first-order valence-corrected chi connectivity index (χ1v) is 6.02. The van der Waals surface area contributed by atoms with Crippen LogP contribution in [-0.2, 0) is 4.74 Å². The highest BCUT2D eigenvalue weighted by Crippen LogP contribution is 2.01. The number of unbranched alkanes of at least 4 members (excludes halogenated alkanes) is 2. The third-order valence-electron chi connectivity index (χ3n) is 2.60. The Kier molecular flexibility index (Phi) is 8.20. The summed E-state index contributed by atoms with van der Waals surface area (Å²) in [5.74, 6) is 0. The first kappa shape index (κ1) is 13.9. The standard InChI is InChI=1S/C12H28NO/c1-5-7-9-13(3,4)10-12-14-11-8-6-2/h5-12H2,1-4H3/q+1. The Hall–Kier alpha value is -0.0800. The fourth-order valence-corrected chi connectivity index (χ4v) is 1.36. The van der Waals surface area contributed by atoms with Crippen molar-refractivity contribution in [2.24, 2.45) is 0 Å². The van der Waals surface area contributed by atoms with Crippen LogP contribution in [0.5, 0.6) is 0 Å². The molecule has 0 saturated heterocycles. The maximum absolute atomic E-state index is 5.57. The molecule has 0 aromatic heterocycles. The molecule has 14 heavy (non-hydrogen) atoms. The highest BCUT2D eigenvalue weighted by Gasteiger charge is 2.12. The molecule has 0 amide bonds. The molecule has 0 unspecified atom stereocenters. The van der Waals surface area contributed by atoms with E-state index >= 15 is 0 Å². The lowest BCUT2D eigenvalue weighted by Crippen LogP contribution is -2.43. The predicted molar refractivity (Wildman–Crippen MR) is 62.5 cm³/mol. The van der Waals surface area contributed by atoms with Crippen LogP contribution < -0.4 is 0 Å². The van der Waals surface area contributed by atoms with E-state index in [9.17, 15) is 0 Å². The summed E-state index contributed by atoms with van der Waals surface area (Å²) in [4.78, 5) is 0. The molecule has 0 fully saturated rings. The number of quaternary nitrogens is 1. The lowest BCUT2D eigenvalue weighted by molar-refractivity contribution is -0.890. The summed E-state index contributed by atoms with van der Waals surface area (Å²) >= 11 is 0. The molecular weight excluding hydrogens is 174 g/mol. The van der Waals surface area contributed by atoms with Crippen LogP contribution in [0.25, 0.3) is 0 Å². The average molecular weight is 202 g/mol. The second-order valence-electron chi connectivity index (χ2n) is 4.70. The molecule has 2 heteroatoms. The van der Waals surface area contributed by atoms with Crippen LogP contribution in [0.15, 0.2) is 0 Å². The van der Waals surface area contributed by atoms with Gasteiger partial charge in [-0.05, 0) is 12.8 Å². The van der Waals surface area contributed by atoms with Gasteiger partial charge in [0, 0.05) is 6.61 Å². The van der Waals surface area contributed by atoms with Crippen molar-refractivity contribution in [3.63, 3.8) is 0 Å². The van der Waals surface area contributed by atoms with Crippen molar-refractivity contribution in [3.8, 4) is 0 Å². The SMILES string of the molecule is CCCCOCC[N+](C)(C)CCCC. The Morgan fingerprint density at radius 1 is 0.857 bits per heavy atom. The molecule has 0 aliphatic rings. The quantitative estimate of drug-likeness (QED) is 0.412. The molecule has 0 aliphatic heterocycles. The fourth-order valence-electron chi connectivity index (χ4n) is 1.36. The smallest absolute Gasteiger partial charge is 0.102 e. The number of hydrogen-bond donors (Lipinski definition) is 0. The predicted octanol–water partition coefficient (Wildman–Crippen LogP) is 2.68. The number of likely N-dealkylation sites (N-methyl/N-ethyl adjacent to an activating group) is 1. The number of rotatable bonds is 9. The van der Waals surface area contributed by atoms with Crippen molar-refractivity contribution in [2.75, 3.05) is 40.4 Å². The van der Waals surface area contributed by atoms with E-state index in [1.165, 1.54) is 32.2 Å². The minimum atomic E-state index is 0.913. The van der Waals surface area contributed by atoms with Gasteiger partial charge in [0.25, 0.3) is 0 Å². The van der Waals surface area contributed by atoms with Gasteiger partial charge in [0.1, 0.15) is 6.54 Å². The largest absolute Gasteiger partial charge is 0.376 e. The zero-order valence-corrected chi connectivity index (χ0v) is 10.5. The Morgan fingerprint density at radius 2 is 1.50 bits per heavy atom. The molecule has 0 rings (SSSR count). The molecule has 0 bridgehead atoms. The molecule has 0 saturated carbocycles. The van der Waals surface area contributed by atoms with Gasteiger partial charge in [-0.2, -0.15) is 0 Å². The molecule has 0 aromatic rings. The van der Waals surface area contributed by atoms with Crippen molar-refractivity contribution in [3.05, 3.63) is 0 Å². The van der Waals surface area contributed by atoms with Gasteiger partial charge in [0.15, 0.2) is 0 Å². The highest BCUT2D eigenvalue weighted by atomic mass is 16.5. The van der Waals surface area contributed by atoms with Gasteiger partial charge >= 0.3 is 0 Å². The van der Waals surface area contributed by atoms with Gasteiger partial charge in [0.05, 0.1) is 27.2 Å². The van der Waals surface area contributed by atoms with Crippen molar-refractivity contribution < 1.29 is 9.22 Å². The van der Waals surface area contributed by atoms with Gasteiger partial charge < -0.3 is 9.22 Å². The van der Waals surface area contributed by atoms with Gasteiger partial charge in [-0.15, -0.1) is 0 Å². The van der Waals surface area contributed by atoms with E-state index in [0.29, 0.717) is 0 Å². The van der Waals surface area contributed by atoms with E-state index in [-0.39, 0.29) is 0 Å². The lowest BCUT2D eigenvalue weighted by atomic mass is 10.3. The minimum absolute atomic E-state index is 0.913. The Balaban J connectivity index is 3.35. The number of ether oxygens (including phenoxy) is 1. The van der Waals surface area contributed by atoms with Crippen molar-refractivity contribution in [1.82, 2.24) is 0 Å². The first-order chi connectivity index (χ1) is 6.62. The molecule has 86 valence electrons. The van der Waals surface area contributed by atoms with Gasteiger partial charge in [-0.3, -0.25) is 0 Å². The van der Waals surface area contributed by atoms with E-state index in [1.807, 2.05) is 0 Å². The molecule has 0 spiro atoms. The average Bonchev–Trinajstić information content (AvgIpc) is 2.15. The van der Waals surface area contributed by atoms with Crippen LogP contribution in [-0.4, -0.2) is 44.9 Å². The van der Waals surface area contributed by atoms with E-state index in [4.69, 9.17) is 4.74 Å². The second-order valence-corrected chi connectivity index (χ2v) is 4.70. The Bertz CT molecular complexity index is 123. The fraction of sp³-hybridized carbons (Fsp3) is 1.00. The Morgan fingerprint density at radius 3 is 2.07 bits per heavy atom. The minimum Gasteiger partial charge on any atom is -0.376 e. The second kappa shape index (κ2) is 8.25. The zero-order chi connectivity index (χ0) is 10.9. The molecule has 0 radical (unpaired) electrons. The first-order valence-electron chi connectivity index (χ1n) is 6.02. The van der Waals surface area contributed by atoms with Crippen molar-refractivity contribution >= 4 is 0 Å². The normalized spacial score (nSPS) is 12.0. The van der Waals surface area contributed by atoms with E-state index in [1.54, 1.807) is 0 Å². The van der Waals surface area contributed by atoms with Gasteiger partial charge in [-0.25, -0.2) is 0 Å². The molecule has 2 nitrogen and oxygen atoms in total. The monoisotopic (exact) mass is 202 g/mol. The summed E-state index contributed by atoms with van der Waals surface area (Å²) in [7, 11) is 4.58. The third-order valence-corrected chi connectivity index (χ3v) is 2.60. The molecule has 0 aromatic carbocycles. The van der Waals surface area contributed by atoms with Gasteiger partial charge in [-0.1, -0.05) is 26.7 Å². The number of nitrogens with zero attached hydrogens (tertiary/aromatic N) is 1. The summed E-state index contributed by atoms with van der Waals surface area (Å²) in [5, 5.41) is 0. The van der Waals surface area contributed by atoms with Gasteiger partial charge in [0.2, 0.25) is 0 Å². The molecule has 0 aliphatic carbocycles. The summed E-state index contributed by atoms with van der Waals surface area (Å²) < 4.78 is 6.67. The maximum atomic E-state index is 5.57. The summed E-state index contributed by atoms with van der Waals surface area (Å²) in [6.45, 7) is 8.71. The zero-order valence-electron chi connectivity index (χ0n) is 10.5. The number of hydrogen-bond acceptors (Lipinski definition) is 1. The van der Waals surface area contributed by atoms with Crippen LogP contribution in [0.4, 0.5) is 0 Å². The van der Waals surface area contributed by atoms with Crippen LogP contribution in [0, 0.1) is 0 Å². The molecular formula is C12H28NO+. The summed E-state index contributed by atoms with van der Waals surface area (Å²) in [5.41, 5.74) is 0. The van der Waals surface area contributed by atoms with E-state index < -0.39 is 0 Å². The van der Waals surface area contributed by atoms with Crippen LogP contribution in [0.1, 0.15) is 39.5 Å². The van der Waals surface area contributed by atoms with Crippen molar-refractivity contribution in [2.45, 2.75) is 39.5 Å². The highest BCUT2D eigenvalue weighted by molar-refractivity contribution is 4.38. The molecule has 0 N–H and O–H groups in total. The third kappa shape index (κ3) is 8.52. The Labute approximate surface area is 89.8 Å². The van der Waals surface area contributed by atoms with Crippen LogP contribution in [0.2, 0.25) is 0 Å². The van der Waals surface area contributed by atoms with Crippen molar-refractivity contribution in [1.29, 1.82) is 0 Å². The maximum Gasteiger partial charge on any atom is 0.102 e. The molecule has 0 heterocycles. The summed E-state index contributed by atoms with van der Waals surface area (Å²) in [6, 6.07) is 0. The summed E-state index contributed by atoms with van der Waals surface area (Å²) in [6.07, 6.45) is 5.04. The van der Waals surface area contributed by atoms with E-state index in [2.05, 4.69) is 27.9 Å². The van der Waals surface area contributed by atoms with Crippen LogP contribution >= 0.6 is 0 Å². The molecule has 0 atom stereocenters. The topological polar surface area (TPSA) is 9.23 Å².